The molecule has 2 aromatic carbocycles. The summed E-state index contributed by atoms with van der Waals surface area (Å²) in [5.41, 5.74) is 2.61. The lowest BCUT2D eigenvalue weighted by Crippen LogP contribution is -2.15. The van der Waals surface area contributed by atoms with E-state index in [2.05, 4.69) is 0 Å². The summed E-state index contributed by atoms with van der Waals surface area (Å²) < 4.78 is 7.20. The molecule has 0 aliphatic heterocycles. The van der Waals surface area contributed by atoms with Crippen LogP contribution in [-0.4, -0.2) is 28.0 Å². The van der Waals surface area contributed by atoms with Crippen molar-refractivity contribution in [3.63, 3.8) is 0 Å². The van der Waals surface area contributed by atoms with Crippen molar-refractivity contribution >= 4 is 11.8 Å². The number of carboxylic acid groups (broad SMARTS) is 1. The second-order valence-corrected chi connectivity index (χ2v) is 6.14. The second kappa shape index (κ2) is 8.36. The van der Waals surface area contributed by atoms with E-state index in [1.165, 1.54) is 0 Å². The zero-order chi connectivity index (χ0) is 19.2. The first kappa shape index (κ1) is 18.5. The SMILES string of the molecule is CCOc1ccc(C(=O)c2ccc(CC(=O)O)n2Cc2ccccc2)cc1. The highest BCUT2D eigenvalue weighted by atomic mass is 16.5. The molecule has 0 radical (unpaired) electrons. The highest BCUT2D eigenvalue weighted by Crippen LogP contribution is 2.19. The van der Waals surface area contributed by atoms with Gasteiger partial charge in [0.15, 0.2) is 0 Å². The van der Waals surface area contributed by atoms with E-state index in [4.69, 9.17) is 4.74 Å². The maximum absolute atomic E-state index is 13.0. The average Bonchev–Trinajstić information content (AvgIpc) is 3.04. The van der Waals surface area contributed by atoms with Crippen molar-refractivity contribution in [2.24, 2.45) is 0 Å². The van der Waals surface area contributed by atoms with Gasteiger partial charge >= 0.3 is 5.97 Å². The molecule has 0 saturated heterocycles. The second-order valence-electron chi connectivity index (χ2n) is 6.14. The summed E-state index contributed by atoms with van der Waals surface area (Å²) in [5.74, 6) is -0.367. The van der Waals surface area contributed by atoms with Crippen molar-refractivity contribution in [3.8, 4) is 5.75 Å². The van der Waals surface area contributed by atoms with Gasteiger partial charge in [0.05, 0.1) is 18.7 Å². The van der Waals surface area contributed by atoms with E-state index in [1.54, 1.807) is 41.0 Å². The van der Waals surface area contributed by atoms with Crippen LogP contribution in [0.15, 0.2) is 66.7 Å². The van der Waals surface area contributed by atoms with Gasteiger partial charge < -0.3 is 14.4 Å². The summed E-state index contributed by atoms with van der Waals surface area (Å²) in [6.07, 6.45) is -0.136. The first-order valence-corrected chi connectivity index (χ1v) is 8.80. The molecule has 27 heavy (non-hydrogen) atoms. The minimum Gasteiger partial charge on any atom is -0.494 e. The Morgan fingerprint density at radius 3 is 2.30 bits per heavy atom. The van der Waals surface area contributed by atoms with Gasteiger partial charge in [-0.25, -0.2) is 0 Å². The standard InChI is InChI=1S/C22H21NO4/c1-2-27-19-11-8-17(9-12-19)22(26)20-13-10-18(14-21(24)25)23(20)15-16-6-4-3-5-7-16/h3-13H,2,14-15H2,1H3,(H,24,25). The third kappa shape index (κ3) is 4.44. The number of benzene rings is 2. The normalized spacial score (nSPS) is 10.6. The number of aliphatic carboxylic acids is 1. The summed E-state index contributed by atoms with van der Waals surface area (Å²) in [4.78, 5) is 24.2. The van der Waals surface area contributed by atoms with Crippen molar-refractivity contribution in [1.29, 1.82) is 0 Å². The predicted molar refractivity (Wildman–Crippen MR) is 102 cm³/mol. The monoisotopic (exact) mass is 363 g/mol. The average molecular weight is 363 g/mol. The molecule has 0 aliphatic rings. The number of carbonyl (C=O) groups excluding carboxylic acids is 1. The molecule has 0 atom stereocenters. The van der Waals surface area contributed by atoms with Crippen molar-refractivity contribution in [2.75, 3.05) is 6.61 Å². The van der Waals surface area contributed by atoms with Crippen LogP contribution in [0.3, 0.4) is 0 Å². The molecular formula is C22H21NO4. The van der Waals surface area contributed by atoms with Gasteiger partial charge in [0.2, 0.25) is 5.78 Å². The molecule has 0 fully saturated rings. The van der Waals surface area contributed by atoms with Crippen molar-refractivity contribution in [2.45, 2.75) is 19.9 Å². The summed E-state index contributed by atoms with van der Waals surface area (Å²) >= 11 is 0. The number of carboxylic acids is 1. The highest BCUT2D eigenvalue weighted by Gasteiger charge is 2.18. The number of aromatic nitrogens is 1. The molecule has 1 heterocycles. The summed E-state index contributed by atoms with van der Waals surface area (Å²) in [7, 11) is 0. The Hall–Kier alpha value is -3.34. The lowest BCUT2D eigenvalue weighted by Gasteiger charge is -2.13. The lowest BCUT2D eigenvalue weighted by molar-refractivity contribution is -0.136. The number of hydrogen-bond donors (Lipinski definition) is 1. The maximum atomic E-state index is 13.0. The minimum atomic E-state index is -0.928. The van der Waals surface area contributed by atoms with E-state index >= 15 is 0 Å². The summed E-state index contributed by atoms with van der Waals surface area (Å²) in [5, 5.41) is 9.19. The van der Waals surface area contributed by atoms with Crippen LogP contribution in [0.2, 0.25) is 0 Å². The van der Waals surface area contributed by atoms with E-state index in [9.17, 15) is 14.7 Å². The third-order valence-corrected chi connectivity index (χ3v) is 4.25. The fraction of sp³-hybridized carbons (Fsp3) is 0.182. The van der Waals surface area contributed by atoms with Crippen LogP contribution in [0.25, 0.3) is 0 Å². The van der Waals surface area contributed by atoms with Gasteiger partial charge in [-0.05, 0) is 48.9 Å². The topological polar surface area (TPSA) is 68.5 Å². The number of rotatable bonds is 8. The summed E-state index contributed by atoms with van der Waals surface area (Å²) in [6.45, 7) is 2.90. The van der Waals surface area contributed by atoms with Crippen LogP contribution in [0, 0.1) is 0 Å². The van der Waals surface area contributed by atoms with Gasteiger partial charge in [-0.1, -0.05) is 30.3 Å². The molecule has 1 aromatic heterocycles. The van der Waals surface area contributed by atoms with Crippen LogP contribution in [0.4, 0.5) is 0 Å². The smallest absolute Gasteiger partial charge is 0.309 e. The molecule has 0 unspecified atom stereocenters. The zero-order valence-electron chi connectivity index (χ0n) is 15.1. The van der Waals surface area contributed by atoms with Crippen LogP contribution >= 0.6 is 0 Å². The molecule has 0 spiro atoms. The third-order valence-electron chi connectivity index (χ3n) is 4.25. The molecule has 0 saturated carbocycles. The fourth-order valence-electron chi connectivity index (χ4n) is 2.99. The van der Waals surface area contributed by atoms with E-state index in [1.807, 2.05) is 37.3 Å². The van der Waals surface area contributed by atoms with Gasteiger partial charge in [0, 0.05) is 17.8 Å². The lowest BCUT2D eigenvalue weighted by atomic mass is 10.1. The zero-order valence-corrected chi connectivity index (χ0v) is 15.1. The largest absolute Gasteiger partial charge is 0.494 e. The Balaban J connectivity index is 1.94. The first-order chi connectivity index (χ1) is 13.1. The molecule has 0 bridgehead atoms. The molecule has 138 valence electrons. The summed E-state index contributed by atoms with van der Waals surface area (Å²) in [6, 6.07) is 20.0. The first-order valence-electron chi connectivity index (χ1n) is 8.80. The van der Waals surface area contributed by atoms with E-state index in [0.717, 1.165) is 5.56 Å². The molecule has 0 aliphatic carbocycles. The number of nitrogens with zero attached hydrogens (tertiary/aromatic N) is 1. The van der Waals surface area contributed by atoms with Crippen molar-refractivity contribution in [1.82, 2.24) is 4.57 Å². The molecule has 3 rings (SSSR count). The molecule has 0 amide bonds. The Morgan fingerprint density at radius 1 is 0.963 bits per heavy atom. The van der Waals surface area contributed by atoms with Gasteiger partial charge in [0.1, 0.15) is 5.75 Å². The van der Waals surface area contributed by atoms with E-state index < -0.39 is 5.97 Å². The number of carbonyl (C=O) groups is 2. The minimum absolute atomic E-state index is 0.136. The number of hydrogen-bond acceptors (Lipinski definition) is 3. The fourth-order valence-corrected chi connectivity index (χ4v) is 2.99. The van der Waals surface area contributed by atoms with Gasteiger partial charge in [-0.15, -0.1) is 0 Å². The van der Waals surface area contributed by atoms with Crippen molar-refractivity contribution in [3.05, 3.63) is 89.2 Å². The van der Waals surface area contributed by atoms with Crippen molar-refractivity contribution < 1.29 is 19.4 Å². The Kier molecular flexibility index (Phi) is 5.71. The van der Waals surface area contributed by atoms with Crippen LogP contribution < -0.4 is 4.74 Å². The molecule has 3 aromatic rings. The van der Waals surface area contributed by atoms with Crippen LogP contribution in [0.1, 0.15) is 34.2 Å². The molecule has 5 heteroatoms. The van der Waals surface area contributed by atoms with E-state index in [-0.39, 0.29) is 12.2 Å². The van der Waals surface area contributed by atoms with Gasteiger partial charge in [-0.2, -0.15) is 0 Å². The maximum Gasteiger partial charge on any atom is 0.309 e. The number of ketones is 1. The van der Waals surface area contributed by atoms with E-state index in [0.29, 0.717) is 35.9 Å². The Morgan fingerprint density at radius 2 is 1.67 bits per heavy atom. The molecule has 1 N–H and O–H groups in total. The predicted octanol–water partition coefficient (Wildman–Crippen LogP) is 3.79. The Bertz CT molecular complexity index is 927. The Labute approximate surface area is 157 Å². The van der Waals surface area contributed by atoms with Gasteiger partial charge in [-0.3, -0.25) is 9.59 Å². The van der Waals surface area contributed by atoms with Crippen LogP contribution in [-0.2, 0) is 17.8 Å². The number of ether oxygens (including phenoxy) is 1. The molecule has 5 nitrogen and oxygen atoms in total. The highest BCUT2D eigenvalue weighted by molar-refractivity contribution is 6.08. The van der Waals surface area contributed by atoms with Gasteiger partial charge in [0.25, 0.3) is 0 Å². The molecular weight excluding hydrogens is 342 g/mol. The quantitative estimate of drug-likeness (QED) is 0.618. The van der Waals surface area contributed by atoms with Crippen LogP contribution in [0.5, 0.6) is 5.75 Å².